The third-order valence-electron chi connectivity index (χ3n) is 6.62. The number of fused-ring (bicyclic) bond motifs is 3. The van der Waals surface area contributed by atoms with E-state index in [-0.39, 0.29) is 5.91 Å². The minimum absolute atomic E-state index is 0.249. The molecule has 0 saturated carbocycles. The summed E-state index contributed by atoms with van der Waals surface area (Å²) in [5, 5.41) is 8.13. The number of amides is 1. The Bertz CT molecular complexity index is 1220. The number of methoxy groups -OCH3 is 1. The van der Waals surface area contributed by atoms with Crippen molar-refractivity contribution in [3.05, 3.63) is 107 Å². The highest BCUT2D eigenvalue weighted by Crippen LogP contribution is 2.49. The van der Waals surface area contributed by atoms with Gasteiger partial charge in [-0.1, -0.05) is 48.6 Å². The third kappa shape index (κ3) is 4.14. The van der Waals surface area contributed by atoms with Crippen molar-refractivity contribution in [2.24, 2.45) is 11.0 Å². The molecule has 5 rings (SSSR count). The van der Waals surface area contributed by atoms with Crippen LogP contribution in [0.25, 0.3) is 0 Å². The van der Waals surface area contributed by atoms with Crippen LogP contribution < -0.4 is 15.5 Å². The lowest BCUT2D eigenvalue weighted by Crippen LogP contribution is -2.29. The van der Waals surface area contributed by atoms with Crippen LogP contribution in [0.4, 0.5) is 5.69 Å². The zero-order chi connectivity index (χ0) is 22.8. The Morgan fingerprint density at radius 1 is 1.03 bits per heavy atom. The summed E-state index contributed by atoms with van der Waals surface area (Å²) in [6.07, 6.45) is 5.69. The number of allylic oxidation sites excluding steroid dienone is 2. The third-order valence-corrected chi connectivity index (χ3v) is 6.62. The average molecular weight is 438 g/mol. The molecule has 2 N–H and O–H groups in total. The molecular weight excluding hydrogens is 410 g/mol. The zero-order valence-electron chi connectivity index (χ0n) is 18.8. The van der Waals surface area contributed by atoms with E-state index in [1.165, 1.54) is 11.1 Å². The number of nitrogens with zero attached hydrogens (tertiary/aromatic N) is 1. The highest BCUT2D eigenvalue weighted by Gasteiger charge is 2.37. The van der Waals surface area contributed by atoms with Gasteiger partial charge in [0.25, 0.3) is 5.91 Å². The van der Waals surface area contributed by atoms with Gasteiger partial charge in [-0.15, -0.1) is 0 Å². The lowest BCUT2D eigenvalue weighted by atomic mass is 9.76. The number of hydrazone groups is 1. The second-order valence-corrected chi connectivity index (χ2v) is 8.55. The van der Waals surface area contributed by atoms with Crippen molar-refractivity contribution in [2.45, 2.75) is 25.3 Å². The van der Waals surface area contributed by atoms with Crippen LogP contribution in [0.2, 0.25) is 0 Å². The minimum Gasteiger partial charge on any atom is -0.497 e. The first-order chi connectivity index (χ1) is 16.1. The van der Waals surface area contributed by atoms with Crippen molar-refractivity contribution in [1.82, 2.24) is 5.43 Å². The molecule has 0 fully saturated rings. The summed E-state index contributed by atoms with van der Waals surface area (Å²) in [5.74, 6) is 1.32. The number of anilines is 1. The van der Waals surface area contributed by atoms with Gasteiger partial charge in [0.1, 0.15) is 5.75 Å². The summed E-state index contributed by atoms with van der Waals surface area (Å²) in [6, 6.07) is 24.3. The molecule has 3 atom stereocenters. The number of rotatable bonds is 5. The van der Waals surface area contributed by atoms with Crippen LogP contribution in [0.15, 0.2) is 90.0 Å². The number of carbonyl (C=O) groups excluding carboxylic acids is 1. The summed E-state index contributed by atoms with van der Waals surface area (Å²) < 4.78 is 5.14. The molecule has 33 heavy (non-hydrogen) atoms. The van der Waals surface area contributed by atoms with E-state index in [0.717, 1.165) is 23.4 Å². The smallest absolute Gasteiger partial charge is 0.271 e. The maximum absolute atomic E-state index is 12.5. The van der Waals surface area contributed by atoms with E-state index in [0.29, 0.717) is 29.2 Å². The Balaban J connectivity index is 1.36. The van der Waals surface area contributed by atoms with Gasteiger partial charge in [0.2, 0.25) is 0 Å². The highest BCUT2D eigenvalue weighted by molar-refractivity contribution is 6.01. The maximum atomic E-state index is 12.5. The van der Waals surface area contributed by atoms with Gasteiger partial charge in [-0.25, -0.2) is 5.43 Å². The van der Waals surface area contributed by atoms with Crippen molar-refractivity contribution in [1.29, 1.82) is 0 Å². The van der Waals surface area contributed by atoms with E-state index in [1.807, 2.05) is 6.92 Å². The van der Waals surface area contributed by atoms with Crippen molar-refractivity contribution < 1.29 is 9.53 Å². The fourth-order valence-corrected chi connectivity index (χ4v) is 4.82. The van der Waals surface area contributed by atoms with Gasteiger partial charge in [-0.2, -0.15) is 5.10 Å². The molecule has 0 saturated heterocycles. The van der Waals surface area contributed by atoms with Gasteiger partial charge in [-0.05, 0) is 72.4 Å². The topological polar surface area (TPSA) is 62.7 Å². The molecule has 5 nitrogen and oxygen atoms in total. The highest BCUT2D eigenvalue weighted by atomic mass is 16.5. The second-order valence-electron chi connectivity index (χ2n) is 8.55. The lowest BCUT2D eigenvalue weighted by Gasteiger charge is -2.37. The van der Waals surface area contributed by atoms with Crippen LogP contribution in [0.5, 0.6) is 5.75 Å². The number of carbonyl (C=O) groups is 1. The van der Waals surface area contributed by atoms with Gasteiger partial charge in [-0.3, -0.25) is 4.79 Å². The van der Waals surface area contributed by atoms with E-state index in [2.05, 4.69) is 76.5 Å². The molecule has 1 aliphatic heterocycles. The van der Waals surface area contributed by atoms with Crippen LogP contribution >= 0.6 is 0 Å². The molecular formula is C28H27N3O2. The Hall–Kier alpha value is -3.86. The molecule has 0 radical (unpaired) electrons. The molecule has 1 aliphatic carbocycles. The number of benzene rings is 3. The predicted octanol–water partition coefficient (Wildman–Crippen LogP) is 5.68. The summed E-state index contributed by atoms with van der Waals surface area (Å²) in [6.45, 7) is 1.92. The van der Waals surface area contributed by atoms with E-state index < -0.39 is 0 Å². The first-order valence-electron chi connectivity index (χ1n) is 11.2. The summed E-state index contributed by atoms with van der Waals surface area (Å²) in [5.41, 5.74) is 8.75. The van der Waals surface area contributed by atoms with E-state index in [4.69, 9.17) is 4.74 Å². The molecule has 3 aromatic rings. The van der Waals surface area contributed by atoms with Crippen molar-refractivity contribution >= 4 is 17.3 Å². The molecule has 0 unspecified atom stereocenters. The quantitative estimate of drug-likeness (QED) is 0.307. The summed E-state index contributed by atoms with van der Waals surface area (Å²) in [7, 11) is 1.60. The van der Waals surface area contributed by atoms with Crippen LogP contribution in [-0.4, -0.2) is 18.7 Å². The Labute approximate surface area is 194 Å². The molecule has 2 aliphatic rings. The molecule has 5 heteroatoms. The second kappa shape index (κ2) is 8.94. The lowest BCUT2D eigenvalue weighted by molar-refractivity contribution is 0.0955. The molecule has 1 amide bonds. The van der Waals surface area contributed by atoms with Gasteiger partial charge < -0.3 is 10.1 Å². The van der Waals surface area contributed by atoms with Crippen molar-refractivity contribution in [3.8, 4) is 5.75 Å². The normalized spacial score (nSPS) is 21.0. The minimum atomic E-state index is -0.249. The summed E-state index contributed by atoms with van der Waals surface area (Å²) >= 11 is 0. The average Bonchev–Trinajstić information content (AvgIpc) is 3.37. The molecule has 166 valence electrons. The van der Waals surface area contributed by atoms with Crippen molar-refractivity contribution in [3.63, 3.8) is 0 Å². The molecule has 1 heterocycles. The maximum Gasteiger partial charge on any atom is 0.271 e. The van der Waals surface area contributed by atoms with Gasteiger partial charge >= 0.3 is 0 Å². The number of nitrogens with one attached hydrogen (secondary N) is 2. The Morgan fingerprint density at radius 2 is 1.79 bits per heavy atom. The number of hydrogen-bond acceptors (Lipinski definition) is 4. The van der Waals surface area contributed by atoms with Crippen LogP contribution in [-0.2, 0) is 0 Å². The summed E-state index contributed by atoms with van der Waals surface area (Å²) in [4.78, 5) is 12.5. The Morgan fingerprint density at radius 3 is 2.55 bits per heavy atom. The molecule has 0 bridgehead atoms. The molecule has 3 aromatic carbocycles. The zero-order valence-corrected chi connectivity index (χ0v) is 18.8. The SMILES string of the molecule is COc1ccc(C(=O)N/N=C(/C)c2ccc3c(c2)[C@@H]2C=CC[C@H]2[C@@H](c2ccccc2)N3)cc1. The van der Waals surface area contributed by atoms with Crippen LogP contribution in [0.3, 0.4) is 0 Å². The van der Waals surface area contributed by atoms with Gasteiger partial charge in [0, 0.05) is 17.2 Å². The first kappa shape index (κ1) is 21.0. The van der Waals surface area contributed by atoms with Gasteiger partial charge in [0.15, 0.2) is 0 Å². The van der Waals surface area contributed by atoms with Crippen LogP contribution in [0, 0.1) is 5.92 Å². The molecule has 0 spiro atoms. The number of ether oxygens (including phenoxy) is 1. The fraction of sp³-hybridized carbons (Fsp3) is 0.214. The number of hydrogen-bond donors (Lipinski definition) is 2. The van der Waals surface area contributed by atoms with E-state index >= 15 is 0 Å². The first-order valence-corrected chi connectivity index (χ1v) is 11.2. The Kier molecular flexibility index (Phi) is 5.69. The van der Waals surface area contributed by atoms with Crippen molar-refractivity contribution in [2.75, 3.05) is 12.4 Å². The standard InChI is InChI=1S/C28H27N3O2/c1-18(30-31-28(32)20-11-14-22(33-2)15-12-20)21-13-16-26-25(17-21)23-9-6-10-24(23)27(29-26)19-7-4-3-5-8-19/h3-9,11-17,23-24,27,29H,10H2,1-2H3,(H,31,32)/b30-18-/t23-,24-,27-/m1/s1. The monoisotopic (exact) mass is 437 g/mol. The van der Waals surface area contributed by atoms with E-state index in [9.17, 15) is 4.79 Å². The van der Waals surface area contributed by atoms with Crippen LogP contribution in [0.1, 0.15) is 52.4 Å². The van der Waals surface area contributed by atoms with Gasteiger partial charge in [0.05, 0.1) is 18.9 Å². The fourth-order valence-electron chi connectivity index (χ4n) is 4.82. The predicted molar refractivity (Wildman–Crippen MR) is 132 cm³/mol. The molecule has 0 aromatic heterocycles. The van der Waals surface area contributed by atoms with E-state index in [1.54, 1.807) is 31.4 Å². The largest absolute Gasteiger partial charge is 0.497 e.